The lowest BCUT2D eigenvalue weighted by molar-refractivity contribution is 0.221. The van der Waals surface area contributed by atoms with Gasteiger partial charge in [-0.2, -0.15) is 0 Å². The Bertz CT molecular complexity index is 841. The molecule has 0 aromatic heterocycles. The molecule has 1 fully saturated rings. The van der Waals surface area contributed by atoms with Gasteiger partial charge >= 0.3 is 0 Å². The Morgan fingerprint density at radius 3 is 2.03 bits per heavy atom. The average Bonchev–Trinajstić information content (AvgIpc) is 2.80. The van der Waals surface area contributed by atoms with Crippen molar-refractivity contribution < 1.29 is 4.74 Å². The summed E-state index contributed by atoms with van der Waals surface area (Å²) in [5.74, 6) is 0.912. The number of nitrogens with one attached hydrogen (secondary N) is 1. The Kier molecular flexibility index (Phi) is 6.82. The third-order valence-electron chi connectivity index (χ3n) is 5.62. The highest BCUT2D eigenvalue weighted by atomic mass is 16.5. The highest BCUT2D eigenvalue weighted by Gasteiger charge is 2.18. The van der Waals surface area contributed by atoms with Gasteiger partial charge in [0.25, 0.3) is 0 Å². The predicted molar refractivity (Wildman–Crippen MR) is 120 cm³/mol. The molecule has 1 aliphatic heterocycles. The number of benzene rings is 3. The van der Waals surface area contributed by atoms with E-state index in [0.717, 1.165) is 18.7 Å². The largest absolute Gasteiger partial charge is 0.489 e. The SMILES string of the molecule is c1ccc(CCN2CCC(Nc3ccc(OCc4ccccc4)cc3)CC2)cc1. The molecule has 0 unspecified atom stereocenters. The summed E-state index contributed by atoms with van der Waals surface area (Å²) in [7, 11) is 0. The lowest BCUT2D eigenvalue weighted by Gasteiger charge is -2.33. The molecule has 3 nitrogen and oxygen atoms in total. The van der Waals surface area contributed by atoms with Crippen molar-refractivity contribution in [2.45, 2.75) is 31.9 Å². The maximum atomic E-state index is 5.88. The number of anilines is 1. The summed E-state index contributed by atoms with van der Waals surface area (Å²) in [5, 5.41) is 3.69. The maximum absolute atomic E-state index is 5.88. The molecule has 3 aromatic rings. The van der Waals surface area contributed by atoms with Gasteiger partial charge in [-0.3, -0.25) is 0 Å². The van der Waals surface area contributed by atoms with E-state index in [1.54, 1.807) is 0 Å². The van der Waals surface area contributed by atoms with Gasteiger partial charge in [0, 0.05) is 31.4 Å². The normalized spacial score (nSPS) is 15.2. The molecule has 1 heterocycles. The lowest BCUT2D eigenvalue weighted by atomic mass is 10.0. The molecular formula is C26H30N2O. The number of likely N-dealkylation sites (tertiary alicyclic amines) is 1. The summed E-state index contributed by atoms with van der Waals surface area (Å²) in [6, 6.07) is 30.0. The lowest BCUT2D eigenvalue weighted by Crippen LogP contribution is -2.40. The molecule has 0 aliphatic carbocycles. The van der Waals surface area contributed by atoms with Crippen molar-refractivity contribution >= 4 is 5.69 Å². The van der Waals surface area contributed by atoms with Crippen LogP contribution in [0.4, 0.5) is 5.69 Å². The van der Waals surface area contributed by atoms with Crippen molar-refractivity contribution in [1.82, 2.24) is 4.90 Å². The first-order valence-electron chi connectivity index (χ1n) is 10.6. The highest BCUT2D eigenvalue weighted by molar-refractivity contribution is 5.47. The van der Waals surface area contributed by atoms with Crippen LogP contribution in [-0.2, 0) is 13.0 Å². The smallest absolute Gasteiger partial charge is 0.119 e. The molecule has 0 atom stereocenters. The van der Waals surface area contributed by atoms with Crippen molar-refractivity contribution in [3.63, 3.8) is 0 Å². The Morgan fingerprint density at radius 1 is 0.759 bits per heavy atom. The number of hydrogen-bond donors (Lipinski definition) is 1. The number of rotatable bonds is 8. The molecule has 0 saturated carbocycles. The van der Waals surface area contributed by atoms with E-state index in [-0.39, 0.29) is 0 Å². The summed E-state index contributed by atoms with van der Waals surface area (Å²) in [6.07, 6.45) is 3.53. The Hall–Kier alpha value is -2.78. The molecule has 150 valence electrons. The van der Waals surface area contributed by atoms with Crippen molar-refractivity contribution in [2.24, 2.45) is 0 Å². The van der Waals surface area contributed by atoms with E-state index in [1.165, 1.54) is 42.7 Å². The van der Waals surface area contributed by atoms with Crippen LogP contribution in [0, 0.1) is 0 Å². The van der Waals surface area contributed by atoms with Crippen molar-refractivity contribution in [3.05, 3.63) is 96.1 Å². The minimum Gasteiger partial charge on any atom is -0.489 e. The van der Waals surface area contributed by atoms with Crippen LogP contribution in [0.5, 0.6) is 5.75 Å². The molecule has 4 rings (SSSR count). The first-order valence-corrected chi connectivity index (χ1v) is 10.6. The van der Waals surface area contributed by atoms with Crippen LogP contribution in [-0.4, -0.2) is 30.6 Å². The molecule has 3 aromatic carbocycles. The summed E-state index contributed by atoms with van der Waals surface area (Å²) >= 11 is 0. The first kappa shape index (κ1) is 19.5. The van der Waals surface area contributed by atoms with E-state index in [9.17, 15) is 0 Å². The molecule has 0 radical (unpaired) electrons. The van der Waals surface area contributed by atoms with Gasteiger partial charge in [-0.1, -0.05) is 60.7 Å². The van der Waals surface area contributed by atoms with Gasteiger partial charge in [0.2, 0.25) is 0 Å². The minimum atomic E-state index is 0.555. The van der Waals surface area contributed by atoms with Crippen LogP contribution >= 0.6 is 0 Å². The zero-order chi connectivity index (χ0) is 19.7. The van der Waals surface area contributed by atoms with Crippen molar-refractivity contribution in [2.75, 3.05) is 25.0 Å². The van der Waals surface area contributed by atoms with Crippen LogP contribution in [0.1, 0.15) is 24.0 Å². The van der Waals surface area contributed by atoms with Crippen LogP contribution in [0.2, 0.25) is 0 Å². The number of nitrogens with zero attached hydrogens (tertiary/aromatic N) is 1. The van der Waals surface area contributed by atoms with Gasteiger partial charge in [-0.25, -0.2) is 0 Å². The molecule has 1 aliphatic rings. The van der Waals surface area contributed by atoms with Gasteiger partial charge in [0.1, 0.15) is 12.4 Å². The van der Waals surface area contributed by atoms with Gasteiger partial charge in [-0.15, -0.1) is 0 Å². The van der Waals surface area contributed by atoms with Crippen LogP contribution in [0.3, 0.4) is 0 Å². The van der Waals surface area contributed by atoms with Crippen LogP contribution in [0.15, 0.2) is 84.9 Å². The zero-order valence-corrected chi connectivity index (χ0v) is 17.0. The van der Waals surface area contributed by atoms with E-state index in [0.29, 0.717) is 12.6 Å². The Balaban J connectivity index is 1.18. The molecule has 3 heteroatoms. The summed E-state index contributed by atoms with van der Waals surface area (Å²) in [4.78, 5) is 2.59. The summed E-state index contributed by atoms with van der Waals surface area (Å²) in [5.41, 5.74) is 3.80. The zero-order valence-electron chi connectivity index (χ0n) is 17.0. The molecule has 1 saturated heterocycles. The fourth-order valence-electron chi connectivity index (χ4n) is 3.86. The predicted octanol–water partition coefficient (Wildman–Crippen LogP) is 5.38. The van der Waals surface area contributed by atoms with E-state index < -0.39 is 0 Å². The summed E-state index contributed by atoms with van der Waals surface area (Å²) in [6.45, 7) is 4.10. The standard InChI is InChI=1S/C26H30N2O/c1-3-7-22(8-4-1)15-18-28-19-16-25(17-20-28)27-24-11-13-26(14-12-24)29-21-23-9-5-2-6-10-23/h1-14,25,27H,15-21H2. The fourth-order valence-corrected chi connectivity index (χ4v) is 3.86. The second kappa shape index (κ2) is 10.1. The molecule has 1 N–H and O–H groups in total. The first-order chi connectivity index (χ1) is 14.3. The van der Waals surface area contributed by atoms with Crippen LogP contribution < -0.4 is 10.1 Å². The van der Waals surface area contributed by atoms with Crippen molar-refractivity contribution in [3.8, 4) is 5.75 Å². The second-order valence-corrected chi connectivity index (χ2v) is 7.79. The summed E-state index contributed by atoms with van der Waals surface area (Å²) < 4.78 is 5.88. The monoisotopic (exact) mass is 386 g/mol. The molecule has 0 amide bonds. The molecule has 0 spiro atoms. The van der Waals surface area contributed by atoms with Crippen LogP contribution in [0.25, 0.3) is 0 Å². The van der Waals surface area contributed by atoms with E-state index in [2.05, 4.69) is 76.9 Å². The topological polar surface area (TPSA) is 24.5 Å². The highest BCUT2D eigenvalue weighted by Crippen LogP contribution is 2.21. The average molecular weight is 387 g/mol. The van der Waals surface area contributed by atoms with Crippen molar-refractivity contribution in [1.29, 1.82) is 0 Å². The second-order valence-electron chi connectivity index (χ2n) is 7.79. The number of piperidine rings is 1. The van der Waals surface area contributed by atoms with E-state index >= 15 is 0 Å². The third kappa shape index (κ3) is 6.10. The molecule has 29 heavy (non-hydrogen) atoms. The van der Waals surface area contributed by atoms with E-state index in [4.69, 9.17) is 4.74 Å². The van der Waals surface area contributed by atoms with Gasteiger partial charge in [-0.05, 0) is 54.7 Å². The third-order valence-corrected chi connectivity index (χ3v) is 5.62. The fraction of sp³-hybridized carbons (Fsp3) is 0.308. The molecule has 0 bridgehead atoms. The van der Waals surface area contributed by atoms with Gasteiger partial charge in [0.15, 0.2) is 0 Å². The Morgan fingerprint density at radius 2 is 1.38 bits per heavy atom. The van der Waals surface area contributed by atoms with E-state index in [1.807, 2.05) is 18.2 Å². The number of ether oxygens (including phenoxy) is 1. The molecular weight excluding hydrogens is 356 g/mol. The van der Waals surface area contributed by atoms with Gasteiger partial charge < -0.3 is 15.0 Å². The quantitative estimate of drug-likeness (QED) is 0.562. The number of hydrogen-bond acceptors (Lipinski definition) is 3. The maximum Gasteiger partial charge on any atom is 0.119 e. The van der Waals surface area contributed by atoms with Gasteiger partial charge in [0.05, 0.1) is 0 Å². The Labute approximate surface area is 174 Å². The minimum absolute atomic E-state index is 0.555.